The Morgan fingerprint density at radius 1 is 1.50 bits per heavy atom. The Balaban J connectivity index is 2.94. The van der Waals surface area contributed by atoms with Crippen molar-refractivity contribution in [2.45, 2.75) is 45.4 Å². The fourth-order valence-corrected chi connectivity index (χ4v) is 1.38. The molecule has 0 radical (unpaired) electrons. The van der Waals surface area contributed by atoms with E-state index in [2.05, 4.69) is 30.7 Å². The molecule has 1 aromatic heterocycles. The van der Waals surface area contributed by atoms with Gasteiger partial charge in [0.1, 0.15) is 5.82 Å². The lowest BCUT2D eigenvalue weighted by molar-refractivity contribution is -0.137. The minimum Gasteiger partial charge on any atom is -0.481 e. The van der Waals surface area contributed by atoms with E-state index in [1.54, 1.807) is 6.20 Å². The molecule has 0 aliphatic heterocycles. The Morgan fingerprint density at radius 2 is 2.12 bits per heavy atom. The van der Waals surface area contributed by atoms with Crippen molar-refractivity contribution in [1.82, 2.24) is 9.97 Å². The van der Waals surface area contributed by atoms with E-state index in [0.717, 1.165) is 5.69 Å². The van der Waals surface area contributed by atoms with Crippen LogP contribution in [-0.4, -0.2) is 21.0 Å². The summed E-state index contributed by atoms with van der Waals surface area (Å²) in [5, 5.41) is 8.72. The fourth-order valence-electron chi connectivity index (χ4n) is 1.38. The van der Waals surface area contributed by atoms with E-state index >= 15 is 0 Å². The second-order valence-electron chi connectivity index (χ2n) is 5.05. The molecule has 0 saturated carbocycles. The highest BCUT2D eigenvalue weighted by molar-refractivity contribution is 5.67. The van der Waals surface area contributed by atoms with Crippen LogP contribution in [0.1, 0.15) is 51.6 Å². The lowest BCUT2D eigenvalue weighted by Gasteiger charge is -2.18. The number of carboxylic acid groups (broad SMARTS) is 1. The molecule has 0 aliphatic rings. The third kappa shape index (κ3) is 3.29. The topological polar surface area (TPSA) is 63.1 Å². The first-order valence-corrected chi connectivity index (χ1v) is 5.36. The summed E-state index contributed by atoms with van der Waals surface area (Å²) in [7, 11) is 0. The first kappa shape index (κ1) is 12.6. The average molecular weight is 222 g/mol. The molecule has 4 heteroatoms. The summed E-state index contributed by atoms with van der Waals surface area (Å²) in [5.74, 6) is -0.369. The van der Waals surface area contributed by atoms with Gasteiger partial charge in [-0.05, 0) is 6.07 Å². The van der Waals surface area contributed by atoms with Gasteiger partial charge in [-0.25, -0.2) is 9.97 Å². The van der Waals surface area contributed by atoms with Gasteiger partial charge in [0.2, 0.25) is 0 Å². The van der Waals surface area contributed by atoms with E-state index in [1.807, 2.05) is 13.0 Å². The number of carbonyl (C=O) groups is 1. The van der Waals surface area contributed by atoms with Gasteiger partial charge < -0.3 is 5.11 Å². The van der Waals surface area contributed by atoms with E-state index < -0.39 is 5.97 Å². The molecule has 0 bridgehead atoms. The molecule has 1 heterocycles. The number of hydrogen-bond donors (Lipinski definition) is 1. The summed E-state index contributed by atoms with van der Waals surface area (Å²) in [4.78, 5) is 19.2. The first-order chi connectivity index (χ1) is 7.30. The van der Waals surface area contributed by atoms with E-state index in [4.69, 9.17) is 5.11 Å². The predicted octanol–water partition coefficient (Wildman–Crippen LogP) is 2.35. The molecule has 0 aliphatic carbocycles. The second-order valence-corrected chi connectivity index (χ2v) is 5.05. The van der Waals surface area contributed by atoms with Gasteiger partial charge in [0.25, 0.3) is 0 Å². The van der Waals surface area contributed by atoms with E-state index in [1.165, 1.54) is 0 Å². The van der Waals surface area contributed by atoms with Gasteiger partial charge in [-0.1, -0.05) is 27.7 Å². The van der Waals surface area contributed by atoms with Crippen molar-refractivity contribution in [1.29, 1.82) is 0 Å². The molecular weight excluding hydrogens is 204 g/mol. The maximum Gasteiger partial charge on any atom is 0.304 e. The van der Waals surface area contributed by atoms with Crippen LogP contribution < -0.4 is 0 Å². The lowest BCUT2D eigenvalue weighted by Crippen LogP contribution is -2.16. The predicted molar refractivity (Wildman–Crippen MR) is 61.4 cm³/mol. The van der Waals surface area contributed by atoms with Crippen LogP contribution in [0.25, 0.3) is 0 Å². The summed E-state index contributed by atoms with van der Waals surface area (Å²) in [5.41, 5.74) is 0.899. The smallest absolute Gasteiger partial charge is 0.304 e. The monoisotopic (exact) mass is 222 g/mol. The Kier molecular flexibility index (Phi) is 3.62. The van der Waals surface area contributed by atoms with Crippen LogP contribution in [0.15, 0.2) is 12.3 Å². The van der Waals surface area contributed by atoms with Crippen molar-refractivity contribution in [3.8, 4) is 0 Å². The van der Waals surface area contributed by atoms with Crippen molar-refractivity contribution in [2.75, 3.05) is 0 Å². The minimum absolute atomic E-state index is 0.0410. The van der Waals surface area contributed by atoms with Gasteiger partial charge in [-0.15, -0.1) is 0 Å². The zero-order chi connectivity index (χ0) is 12.3. The summed E-state index contributed by atoms with van der Waals surface area (Å²) < 4.78 is 0. The molecule has 0 aromatic carbocycles. The van der Waals surface area contributed by atoms with Crippen molar-refractivity contribution in [2.24, 2.45) is 0 Å². The Labute approximate surface area is 95.7 Å². The molecule has 0 amide bonds. The normalized spacial score (nSPS) is 13.5. The second kappa shape index (κ2) is 4.60. The zero-order valence-electron chi connectivity index (χ0n) is 10.2. The molecule has 0 spiro atoms. The molecule has 0 fully saturated rings. The third-order valence-electron chi connectivity index (χ3n) is 2.36. The van der Waals surface area contributed by atoms with Crippen LogP contribution in [0.3, 0.4) is 0 Å². The van der Waals surface area contributed by atoms with Crippen LogP contribution in [0, 0.1) is 0 Å². The van der Waals surface area contributed by atoms with Gasteiger partial charge in [-0.3, -0.25) is 4.79 Å². The minimum atomic E-state index is -0.822. The number of aromatic nitrogens is 2. The number of nitrogens with zero attached hydrogens (tertiary/aromatic N) is 2. The van der Waals surface area contributed by atoms with Crippen LogP contribution in [0.2, 0.25) is 0 Å². The van der Waals surface area contributed by atoms with Crippen molar-refractivity contribution >= 4 is 5.97 Å². The quantitative estimate of drug-likeness (QED) is 0.852. The summed E-state index contributed by atoms with van der Waals surface area (Å²) in [6.45, 7) is 8.04. The third-order valence-corrected chi connectivity index (χ3v) is 2.36. The van der Waals surface area contributed by atoms with Crippen LogP contribution >= 0.6 is 0 Å². The molecule has 1 rings (SSSR count). The van der Waals surface area contributed by atoms with Gasteiger partial charge in [0.15, 0.2) is 0 Å². The maximum absolute atomic E-state index is 10.6. The number of hydrogen-bond acceptors (Lipinski definition) is 3. The number of carboxylic acids is 1. The SMILES string of the molecule is CC(CC(=O)O)c1nccc(C(C)(C)C)n1. The first-order valence-electron chi connectivity index (χ1n) is 5.36. The molecule has 1 atom stereocenters. The molecule has 4 nitrogen and oxygen atoms in total. The van der Waals surface area contributed by atoms with Gasteiger partial charge in [0, 0.05) is 23.2 Å². The Morgan fingerprint density at radius 3 is 2.62 bits per heavy atom. The highest BCUT2D eigenvalue weighted by Gasteiger charge is 2.18. The van der Waals surface area contributed by atoms with E-state index in [0.29, 0.717) is 5.82 Å². The van der Waals surface area contributed by atoms with Crippen molar-refractivity contribution in [3.05, 3.63) is 23.8 Å². The lowest BCUT2D eigenvalue weighted by atomic mass is 9.92. The Hall–Kier alpha value is -1.45. The molecule has 1 aromatic rings. The molecule has 0 saturated heterocycles. The summed E-state index contributed by atoms with van der Waals surface area (Å²) >= 11 is 0. The van der Waals surface area contributed by atoms with Crippen molar-refractivity contribution in [3.63, 3.8) is 0 Å². The zero-order valence-corrected chi connectivity index (χ0v) is 10.2. The largest absolute Gasteiger partial charge is 0.481 e. The molecule has 1 N–H and O–H groups in total. The van der Waals surface area contributed by atoms with E-state index in [-0.39, 0.29) is 17.8 Å². The van der Waals surface area contributed by atoms with Crippen LogP contribution in [-0.2, 0) is 10.2 Å². The number of rotatable bonds is 3. The standard InChI is InChI=1S/C12H18N2O2/c1-8(7-10(15)16)11-13-6-5-9(14-11)12(2,3)4/h5-6,8H,7H2,1-4H3,(H,15,16). The van der Waals surface area contributed by atoms with Crippen LogP contribution in [0.4, 0.5) is 0 Å². The summed E-state index contributed by atoms with van der Waals surface area (Å²) in [6, 6.07) is 1.87. The van der Waals surface area contributed by atoms with Gasteiger partial charge in [-0.2, -0.15) is 0 Å². The molecule has 88 valence electrons. The molecule has 1 unspecified atom stereocenters. The number of aliphatic carboxylic acids is 1. The average Bonchev–Trinajstić information content (AvgIpc) is 2.15. The van der Waals surface area contributed by atoms with Crippen LogP contribution in [0.5, 0.6) is 0 Å². The fraction of sp³-hybridized carbons (Fsp3) is 0.583. The van der Waals surface area contributed by atoms with E-state index in [9.17, 15) is 4.79 Å². The highest BCUT2D eigenvalue weighted by atomic mass is 16.4. The Bertz CT molecular complexity index is 383. The molecular formula is C12H18N2O2. The summed E-state index contributed by atoms with van der Waals surface area (Å²) in [6.07, 6.45) is 1.76. The highest BCUT2D eigenvalue weighted by Crippen LogP contribution is 2.22. The molecule has 16 heavy (non-hydrogen) atoms. The van der Waals surface area contributed by atoms with Crippen molar-refractivity contribution < 1.29 is 9.90 Å². The van der Waals surface area contributed by atoms with Gasteiger partial charge >= 0.3 is 5.97 Å². The maximum atomic E-state index is 10.6. The van der Waals surface area contributed by atoms with Gasteiger partial charge in [0.05, 0.1) is 6.42 Å².